The van der Waals surface area contributed by atoms with Gasteiger partial charge in [0.1, 0.15) is 0 Å². The lowest BCUT2D eigenvalue weighted by Gasteiger charge is -2.40. The summed E-state index contributed by atoms with van der Waals surface area (Å²) in [5, 5.41) is 8.86. The number of hydrogen-bond acceptors (Lipinski definition) is 1. The average Bonchev–Trinajstić information content (AvgIpc) is 2.18. The van der Waals surface area contributed by atoms with Gasteiger partial charge in [0.25, 0.3) is 0 Å². The first-order chi connectivity index (χ1) is 6.77. The minimum Gasteiger partial charge on any atom is -0.481 e. The Bertz CT molecular complexity index is 210. The second-order valence-electron chi connectivity index (χ2n) is 5.00. The predicted octanol–water partition coefficient (Wildman–Crippen LogP) is 3.07. The Kier molecular flexibility index (Phi) is 3.09. The zero-order chi connectivity index (χ0) is 9.97. The summed E-state index contributed by atoms with van der Waals surface area (Å²) in [6.07, 6.45) is 9.57. The summed E-state index contributed by atoms with van der Waals surface area (Å²) in [6.45, 7) is 0. The Morgan fingerprint density at radius 3 is 2.57 bits per heavy atom. The van der Waals surface area contributed by atoms with Crippen molar-refractivity contribution in [3.8, 4) is 0 Å². The second kappa shape index (κ2) is 4.33. The second-order valence-corrected chi connectivity index (χ2v) is 5.00. The lowest BCUT2D eigenvalue weighted by Crippen LogP contribution is -2.32. The number of hydrogen-bond donors (Lipinski definition) is 1. The molecule has 2 aliphatic carbocycles. The Balaban J connectivity index is 1.97. The lowest BCUT2D eigenvalue weighted by molar-refractivity contribution is -0.139. The van der Waals surface area contributed by atoms with Crippen LogP contribution >= 0.6 is 0 Å². The molecular weight excluding hydrogens is 176 g/mol. The Morgan fingerprint density at radius 2 is 1.79 bits per heavy atom. The van der Waals surface area contributed by atoms with Crippen molar-refractivity contribution < 1.29 is 9.90 Å². The molecule has 0 aromatic heterocycles. The molecule has 2 rings (SSSR count). The minimum atomic E-state index is -0.596. The fourth-order valence-corrected chi connectivity index (χ4v) is 3.55. The van der Waals surface area contributed by atoms with E-state index in [9.17, 15) is 4.79 Å². The first-order valence-corrected chi connectivity index (χ1v) is 5.99. The number of rotatable bonds is 2. The molecule has 0 aliphatic heterocycles. The van der Waals surface area contributed by atoms with E-state index >= 15 is 0 Å². The molecule has 0 bridgehead atoms. The Labute approximate surface area is 85.7 Å². The van der Waals surface area contributed by atoms with Crippen LogP contribution in [0.2, 0.25) is 0 Å². The van der Waals surface area contributed by atoms with Gasteiger partial charge >= 0.3 is 5.97 Å². The Morgan fingerprint density at radius 1 is 1.07 bits per heavy atom. The smallest absolute Gasteiger partial charge is 0.303 e. The zero-order valence-electron chi connectivity index (χ0n) is 8.74. The number of carboxylic acid groups (broad SMARTS) is 1. The summed E-state index contributed by atoms with van der Waals surface area (Å²) in [5.41, 5.74) is 0. The largest absolute Gasteiger partial charge is 0.481 e. The van der Waals surface area contributed by atoms with E-state index in [4.69, 9.17) is 5.11 Å². The molecule has 2 aliphatic rings. The fraction of sp³-hybridized carbons (Fsp3) is 0.917. The van der Waals surface area contributed by atoms with Crippen LogP contribution in [0.15, 0.2) is 0 Å². The van der Waals surface area contributed by atoms with E-state index in [2.05, 4.69) is 0 Å². The summed E-state index contributed by atoms with van der Waals surface area (Å²) in [6, 6.07) is 0. The van der Waals surface area contributed by atoms with E-state index < -0.39 is 5.97 Å². The molecule has 1 N–H and O–H groups in total. The van der Waals surface area contributed by atoms with E-state index in [-0.39, 0.29) is 0 Å². The van der Waals surface area contributed by atoms with Crippen LogP contribution in [0.1, 0.15) is 51.4 Å². The highest BCUT2D eigenvalue weighted by Gasteiger charge is 2.35. The summed E-state index contributed by atoms with van der Waals surface area (Å²) in [7, 11) is 0. The third-order valence-electron chi connectivity index (χ3n) is 4.16. The molecule has 14 heavy (non-hydrogen) atoms. The van der Waals surface area contributed by atoms with Gasteiger partial charge < -0.3 is 5.11 Å². The molecular formula is C12H20O2. The van der Waals surface area contributed by atoms with E-state index in [1.54, 1.807) is 0 Å². The van der Waals surface area contributed by atoms with Gasteiger partial charge in [-0.25, -0.2) is 0 Å². The van der Waals surface area contributed by atoms with Crippen molar-refractivity contribution in [3.63, 3.8) is 0 Å². The molecule has 0 aromatic rings. The van der Waals surface area contributed by atoms with Crippen molar-refractivity contribution in [2.75, 3.05) is 0 Å². The Hall–Kier alpha value is -0.530. The van der Waals surface area contributed by atoms with Crippen LogP contribution in [0.3, 0.4) is 0 Å². The van der Waals surface area contributed by atoms with Crippen molar-refractivity contribution in [1.29, 1.82) is 0 Å². The van der Waals surface area contributed by atoms with Crippen molar-refractivity contribution in [2.24, 2.45) is 17.8 Å². The summed E-state index contributed by atoms with van der Waals surface area (Å²) < 4.78 is 0. The highest BCUT2D eigenvalue weighted by atomic mass is 16.4. The molecule has 0 spiro atoms. The van der Waals surface area contributed by atoms with Gasteiger partial charge in [0, 0.05) is 6.42 Å². The van der Waals surface area contributed by atoms with Crippen molar-refractivity contribution in [3.05, 3.63) is 0 Å². The van der Waals surface area contributed by atoms with Crippen LogP contribution in [0.25, 0.3) is 0 Å². The number of carboxylic acids is 1. The maximum Gasteiger partial charge on any atom is 0.303 e. The van der Waals surface area contributed by atoms with Crippen LogP contribution < -0.4 is 0 Å². The molecule has 2 heteroatoms. The van der Waals surface area contributed by atoms with Gasteiger partial charge in [0.15, 0.2) is 0 Å². The molecule has 2 saturated carbocycles. The van der Waals surface area contributed by atoms with Crippen molar-refractivity contribution >= 4 is 5.97 Å². The van der Waals surface area contributed by atoms with Crippen LogP contribution in [0.5, 0.6) is 0 Å². The van der Waals surface area contributed by atoms with Gasteiger partial charge in [0.2, 0.25) is 0 Å². The van der Waals surface area contributed by atoms with Crippen LogP contribution in [-0.4, -0.2) is 11.1 Å². The fourth-order valence-electron chi connectivity index (χ4n) is 3.55. The molecule has 0 heterocycles. The first kappa shape index (κ1) is 10.0. The van der Waals surface area contributed by atoms with Gasteiger partial charge in [-0.15, -0.1) is 0 Å². The summed E-state index contributed by atoms with van der Waals surface area (Å²) in [4.78, 5) is 10.7. The quantitative estimate of drug-likeness (QED) is 0.737. The molecule has 0 aromatic carbocycles. The summed E-state index contributed by atoms with van der Waals surface area (Å²) >= 11 is 0. The van der Waals surface area contributed by atoms with Gasteiger partial charge in [-0.3, -0.25) is 4.79 Å². The average molecular weight is 196 g/mol. The monoisotopic (exact) mass is 196 g/mol. The van der Waals surface area contributed by atoms with E-state index in [1.807, 2.05) is 0 Å². The third kappa shape index (κ3) is 2.10. The molecule has 2 nitrogen and oxygen atoms in total. The van der Waals surface area contributed by atoms with Crippen molar-refractivity contribution in [2.45, 2.75) is 51.4 Å². The van der Waals surface area contributed by atoms with Crippen molar-refractivity contribution in [1.82, 2.24) is 0 Å². The number of fused-ring (bicyclic) bond motifs is 1. The highest BCUT2D eigenvalue weighted by molar-refractivity contribution is 5.67. The van der Waals surface area contributed by atoms with Gasteiger partial charge in [-0.2, -0.15) is 0 Å². The molecule has 0 radical (unpaired) electrons. The zero-order valence-corrected chi connectivity index (χ0v) is 8.74. The molecule has 2 fully saturated rings. The molecule has 0 saturated heterocycles. The molecule has 0 unspecified atom stereocenters. The topological polar surface area (TPSA) is 37.3 Å². The van der Waals surface area contributed by atoms with E-state index in [0.29, 0.717) is 12.3 Å². The maximum absolute atomic E-state index is 10.7. The highest BCUT2D eigenvalue weighted by Crippen LogP contribution is 2.44. The summed E-state index contributed by atoms with van der Waals surface area (Å²) in [5.74, 6) is 1.50. The lowest BCUT2D eigenvalue weighted by atomic mass is 9.65. The predicted molar refractivity (Wildman–Crippen MR) is 55.0 cm³/mol. The maximum atomic E-state index is 10.7. The molecule has 80 valence electrons. The van der Waals surface area contributed by atoms with Crippen LogP contribution in [0, 0.1) is 17.8 Å². The number of carbonyl (C=O) groups is 1. The van der Waals surface area contributed by atoms with Crippen LogP contribution in [-0.2, 0) is 4.79 Å². The minimum absolute atomic E-state index is 0.418. The van der Waals surface area contributed by atoms with Gasteiger partial charge in [-0.1, -0.05) is 32.1 Å². The van der Waals surface area contributed by atoms with Gasteiger partial charge in [-0.05, 0) is 30.6 Å². The standard InChI is InChI=1S/C12H20O2/c13-12(14)8-10-6-3-5-9-4-1-2-7-11(9)10/h9-11H,1-8H2,(H,13,14)/t9-,10+,11-/m0/s1. The van der Waals surface area contributed by atoms with Crippen LogP contribution in [0.4, 0.5) is 0 Å². The first-order valence-electron chi connectivity index (χ1n) is 5.99. The molecule has 0 amide bonds. The number of aliphatic carboxylic acids is 1. The molecule has 3 atom stereocenters. The van der Waals surface area contributed by atoms with E-state index in [0.717, 1.165) is 18.3 Å². The van der Waals surface area contributed by atoms with E-state index in [1.165, 1.54) is 38.5 Å². The SMILES string of the molecule is O=C(O)C[C@H]1CCC[C@@H]2CCCC[C@@H]21. The normalized spacial score (nSPS) is 37.6. The third-order valence-corrected chi connectivity index (χ3v) is 4.16. The van der Waals surface area contributed by atoms with Gasteiger partial charge in [0.05, 0.1) is 0 Å².